The largest absolute Gasteiger partial charge is 0.465 e. The lowest BCUT2D eigenvalue weighted by molar-refractivity contribution is 0.00869. The van der Waals surface area contributed by atoms with Crippen molar-refractivity contribution in [2.24, 2.45) is 0 Å². The molecule has 1 unspecified atom stereocenters. The molecular formula is C42H49N3O8. The number of ether oxygens (including phenoxy) is 2. The Morgan fingerprint density at radius 1 is 0.736 bits per heavy atom. The SMILES string of the molecule is CN(C(=O)O)[C@@H](Cc1ccccc1)[C@H](O)CN(CC(O)[C@H](Cc1ccccc1)NC(=O)OC(C)(C)C)C(=O)OCC1c2ccccc2-c2ccccc21. The summed E-state index contributed by atoms with van der Waals surface area (Å²) in [4.78, 5) is 41.4. The molecule has 280 valence electrons. The van der Waals surface area contributed by atoms with Gasteiger partial charge in [0.05, 0.1) is 37.4 Å². The number of alkyl carbamates (subject to hydrolysis) is 1. The molecule has 4 N–H and O–H groups in total. The third kappa shape index (κ3) is 10.4. The van der Waals surface area contributed by atoms with Gasteiger partial charge in [-0.3, -0.25) is 0 Å². The van der Waals surface area contributed by atoms with E-state index in [0.29, 0.717) is 0 Å². The van der Waals surface area contributed by atoms with Gasteiger partial charge in [0.15, 0.2) is 0 Å². The Hall–Kier alpha value is -5.39. The molecule has 0 fully saturated rings. The van der Waals surface area contributed by atoms with Crippen LogP contribution in [0.2, 0.25) is 0 Å². The summed E-state index contributed by atoms with van der Waals surface area (Å²) < 4.78 is 11.5. The first-order valence-electron chi connectivity index (χ1n) is 17.8. The number of nitrogens with zero attached hydrogens (tertiary/aromatic N) is 2. The highest BCUT2D eigenvalue weighted by molar-refractivity contribution is 5.79. The van der Waals surface area contributed by atoms with Gasteiger partial charge in [-0.15, -0.1) is 0 Å². The maximum atomic E-state index is 14.1. The Kier molecular flexibility index (Phi) is 12.8. The van der Waals surface area contributed by atoms with Crippen LogP contribution in [0.1, 0.15) is 48.9 Å². The number of aliphatic hydroxyl groups excluding tert-OH is 2. The van der Waals surface area contributed by atoms with Gasteiger partial charge in [-0.05, 0) is 67.0 Å². The quantitative estimate of drug-likeness (QED) is 0.118. The lowest BCUT2D eigenvalue weighted by Crippen LogP contribution is -2.55. The molecule has 11 nitrogen and oxygen atoms in total. The van der Waals surface area contributed by atoms with E-state index in [1.54, 1.807) is 20.8 Å². The number of carbonyl (C=O) groups is 3. The average molecular weight is 724 g/mol. The Bertz CT molecular complexity index is 1790. The van der Waals surface area contributed by atoms with E-state index >= 15 is 0 Å². The second-order valence-corrected chi connectivity index (χ2v) is 14.4. The fourth-order valence-electron chi connectivity index (χ4n) is 6.75. The summed E-state index contributed by atoms with van der Waals surface area (Å²) in [6.07, 6.45) is -5.14. The Morgan fingerprint density at radius 3 is 1.75 bits per heavy atom. The lowest BCUT2D eigenvalue weighted by Gasteiger charge is -2.35. The lowest BCUT2D eigenvalue weighted by atomic mass is 9.98. The van der Waals surface area contributed by atoms with E-state index in [2.05, 4.69) is 5.32 Å². The number of hydrogen-bond donors (Lipinski definition) is 4. The highest BCUT2D eigenvalue weighted by Crippen LogP contribution is 2.44. The summed E-state index contributed by atoms with van der Waals surface area (Å²) in [6, 6.07) is 32.4. The van der Waals surface area contributed by atoms with E-state index in [1.807, 2.05) is 109 Å². The van der Waals surface area contributed by atoms with Crippen LogP contribution in [0.5, 0.6) is 0 Å². The molecule has 0 saturated heterocycles. The van der Waals surface area contributed by atoms with Gasteiger partial charge in [0.1, 0.15) is 12.2 Å². The smallest absolute Gasteiger partial charge is 0.409 e. The fourth-order valence-corrected chi connectivity index (χ4v) is 6.75. The third-order valence-corrected chi connectivity index (χ3v) is 9.41. The van der Waals surface area contributed by atoms with Crippen LogP contribution < -0.4 is 5.32 Å². The predicted molar refractivity (Wildman–Crippen MR) is 202 cm³/mol. The van der Waals surface area contributed by atoms with Crippen molar-refractivity contribution in [1.29, 1.82) is 0 Å². The fraction of sp³-hybridized carbons (Fsp3) is 0.357. The van der Waals surface area contributed by atoms with Crippen molar-refractivity contribution in [3.8, 4) is 11.1 Å². The molecule has 0 spiro atoms. The van der Waals surface area contributed by atoms with E-state index in [-0.39, 0.29) is 38.5 Å². The molecule has 4 aromatic rings. The van der Waals surface area contributed by atoms with E-state index in [4.69, 9.17) is 9.47 Å². The summed E-state index contributed by atoms with van der Waals surface area (Å²) in [5, 5.41) is 36.1. The molecule has 5 rings (SSSR count). The van der Waals surface area contributed by atoms with Gasteiger partial charge >= 0.3 is 18.3 Å². The van der Waals surface area contributed by atoms with E-state index < -0.39 is 48.2 Å². The van der Waals surface area contributed by atoms with Crippen LogP contribution in [-0.4, -0.2) is 100 Å². The number of aliphatic hydroxyl groups is 2. The minimum Gasteiger partial charge on any atom is -0.465 e. The van der Waals surface area contributed by atoms with E-state index in [0.717, 1.165) is 38.3 Å². The number of nitrogens with one attached hydrogen (secondary N) is 1. The van der Waals surface area contributed by atoms with Gasteiger partial charge in [-0.25, -0.2) is 14.4 Å². The summed E-state index contributed by atoms with van der Waals surface area (Å²) in [5.41, 5.74) is 4.97. The van der Waals surface area contributed by atoms with Gasteiger partial charge in [0.2, 0.25) is 0 Å². The molecule has 1 aliphatic rings. The van der Waals surface area contributed by atoms with E-state index in [1.165, 1.54) is 11.9 Å². The number of carboxylic acid groups (broad SMARTS) is 1. The Balaban J connectivity index is 1.42. The zero-order valence-corrected chi connectivity index (χ0v) is 30.6. The number of benzene rings is 4. The van der Waals surface area contributed by atoms with Gasteiger partial charge in [0.25, 0.3) is 0 Å². The minimum absolute atomic E-state index is 0.0123. The van der Waals surface area contributed by atoms with Crippen LogP contribution in [0, 0.1) is 0 Å². The Labute approximate surface area is 310 Å². The monoisotopic (exact) mass is 723 g/mol. The van der Waals surface area contributed by atoms with Crippen molar-refractivity contribution in [2.45, 2.75) is 69.4 Å². The van der Waals surface area contributed by atoms with Crippen LogP contribution in [-0.2, 0) is 22.3 Å². The first kappa shape index (κ1) is 38.8. The van der Waals surface area contributed by atoms with Gasteiger partial charge in [-0.2, -0.15) is 0 Å². The van der Waals surface area contributed by atoms with E-state index in [9.17, 15) is 29.7 Å². The topological polar surface area (TPSA) is 149 Å². The molecule has 0 saturated carbocycles. The van der Waals surface area contributed by atoms with Crippen LogP contribution in [0.4, 0.5) is 14.4 Å². The summed E-state index contributed by atoms with van der Waals surface area (Å²) in [7, 11) is 1.37. The summed E-state index contributed by atoms with van der Waals surface area (Å²) >= 11 is 0. The maximum Gasteiger partial charge on any atom is 0.409 e. The van der Waals surface area contributed by atoms with Crippen molar-refractivity contribution in [2.75, 3.05) is 26.7 Å². The first-order chi connectivity index (χ1) is 25.3. The molecule has 11 heteroatoms. The zero-order chi connectivity index (χ0) is 38.1. The second kappa shape index (κ2) is 17.4. The molecular weight excluding hydrogens is 674 g/mol. The number of carbonyl (C=O) groups excluding carboxylic acids is 2. The highest BCUT2D eigenvalue weighted by Gasteiger charge is 2.35. The number of fused-ring (bicyclic) bond motifs is 3. The maximum absolute atomic E-state index is 14.1. The predicted octanol–water partition coefficient (Wildman–Crippen LogP) is 6.32. The van der Waals surface area contributed by atoms with Crippen molar-refractivity contribution in [1.82, 2.24) is 15.1 Å². The molecule has 53 heavy (non-hydrogen) atoms. The minimum atomic E-state index is -1.38. The number of likely N-dealkylation sites (N-methyl/N-ethyl adjacent to an activating group) is 1. The molecule has 3 amide bonds. The number of amides is 3. The normalized spacial score (nSPS) is 14.5. The molecule has 0 radical (unpaired) electrons. The van der Waals surface area contributed by atoms with Crippen molar-refractivity contribution >= 4 is 18.3 Å². The van der Waals surface area contributed by atoms with Gasteiger partial charge < -0.3 is 39.9 Å². The highest BCUT2D eigenvalue weighted by atomic mass is 16.6. The molecule has 0 aliphatic heterocycles. The van der Waals surface area contributed by atoms with Crippen LogP contribution in [0.15, 0.2) is 109 Å². The molecule has 0 aromatic heterocycles. The van der Waals surface area contributed by atoms with Crippen molar-refractivity contribution < 1.29 is 39.2 Å². The van der Waals surface area contributed by atoms with Crippen molar-refractivity contribution in [3.05, 3.63) is 131 Å². The average Bonchev–Trinajstić information content (AvgIpc) is 3.45. The molecule has 4 atom stereocenters. The molecule has 0 bridgehead atoms. The van der Waals surface area contributed by atoms with Crippen molar-refractivity contribution in [3.63, 3.8) is 0 Å². The number of rotatable bonds is 14. The van der Waals surface area contributed by atoms with Crippen LogP contribution >= 0.6 is 0 Å². The Morgan fingerprint density at radius 2 is 1.23 bits per heavy atom. The summed E-state index contributed by atoms with van der Waals surface area (Å²) in [5.74, 6) is -0.244. The zero-order valence-electron chi connectivity index (χ0n) is 30.6. The number of hydrogen-bond acceptors (Lipinski definition) is 7. The van der Waals surface area contributed by atoms with Crippen LogP contribution in [0.25, 0.3) is 11.1 Å². The molecule has 4 aromatic carbocycles. The second-order valence-electron chi connectivity index (χ2n) is 14.4. The first-order valence-corrected chi connectivity index (χ1v) is 17.8. The third-order valence-electron chi connectivity index (χ3n) is 9.41. The summed E-state index contributed by atoms with van der Waals surface area (Å²) in [6.45, 7) is 4.46. The molecule has 0 heterocycles. The standard InChI is InChI=1S/C42H49N3O8/c1-42(2,3)53-39(48)43-35(23-28-15-7-5-8-16-28)37(46)25-45(26-38(47)36(44(4)40(49)50)24-29-17-9-6-10-18-29)41(51)52-27-34-32-21-13-11-19-30(32)31-20-12-14-22-33(31)34/h5-22,34-38,46-47H,23-27H2,1-4H3,(H,43,48)(H,49,50)/t35-,36-,37?,38+/m0/s1. The van der Waals surface area contributed by atoms with Crippen LogP contribution in [0.3, 0.4) is 0 Å². The molecule has 1 aliphatic carbocycles. The van der Waals surface area contributed by atoms with Gasteiger partial charge in [0, 0.05) is 13.0 Å². The van der Waals surface area contributed by atoms with Gasteiger partial charge in [-0.1, -0.05) is 109 Å².